The monoisotopic (exact) mass is 241 g/mol. The maximum absolute atomic E-state index is 12.6. The van der Waals surface area contributed by atoms with Gasteiger partial charge in [-0.25, -0.2) is 18.6 Å². The van der Waals surface area contributed by atoms with Crippen LogP contribution in [0.4, 0.5) is 8.78 Å². The molecule has 0 unspecified atom stereocenters. The average molecular weight is 241 g/mol. The van der Waals surface area contributed by atoms with E-state index < -0.39 is 18.0 Å². The maximum Gasteiger partial charge on any atom is 0.358 e. The van der Waals surface area contributed by atoms with E-state index in [0.29, 0.717) is 0 Å². The largest absolute Gasteiger partial charge is 0.464 e. The molecule has 0 fully saturated rings. The number of alkyl halides is 2. The smallest absolute Gasteiger partial charge is 0.358 e. The van der Waals surface area contributed by atoms with Crippen molar-refractivity contribution in [3.8, 4) is 6.07 Å². The first-order chi connectivity index (χ1) is 8.06. The van der Waals surface area contributed by atoms with Gasteiger partial charge in [0.25, 0.3) is 6.43 Å². The highest BCUT2D eigenvalue weighted by atomic mass is 19.3. The number of methoxy groups -OCH3 is 1. The lowest BCUT2D eigenvalue weighted by atomic mass is 10.0. The van der Waals surface area contributed by atoms with Crippen LogP contribution in [0.1, 0.15) is 33.6 Å². The molecule has 5 nitrogen and oxygen atoms in total. The van der Waals surface area contributed by atoms with Crippen molar-refractivity contribution in [3.05, 3.63) is 28.6 Å². The third kappa shape index (κ3) is 2.37. The number of carbonyl (C=O) groups is 1. The van der Waals surface area contributed by atoms with E-state index in [9.17, 15) is 13.6 Å². The first kappa shape index (κ1) is 13.0. The van der Waals surface area contributed by atoms with Crippen LogP contribution >= 0.6 is 0 Å². The lowest BCUT2D eigenvalue weighted by Gasteiger charge is -2.10. The Bertz CT molecular complexity index is 483. The summed E-state index contributed by atoms with van der Waals surface area (Å²) >= 11 is 0. The van der Waals surface area contributed by atoms with Gasteiger partial charge < -0.3 is 10.5 Å². The molecular weight excluding hydrogens is 232 g/mol. The van der Waals surface area contributed by atoms with Gasteiger partial charge in [-0.15, -0.1) is 0 Å². The summed E-state index contributed by atoms with van der Waals surface area (Å²) in [6.07, 6.45) is -1.97. The minimum Gasteiger partial charge on any atom is -0.464 e. The highest BCUT2D eigenvalue weighted by Crippen LogP contribution is 2.26. The van der Waals surface area contributed by atoms with Crippen molar-refractivity contribution >= 4 is 5.97 Å². The Morgan fingerprint density at radius 2 is 2.35 bits per heavy atom. The van der Waals surface area contributed by atoms with Gasteiger partial charge in [0.05, 0.1) is 12.7 Å². The fraction of sp³-hybridized carbons (Fsp3) is 0.300. The number of aromatic nitrogens is 1. The lowest BCUT2D eigenvalue weighted by Crippen LogP contribution is -2.14. The van der Waals surface area contributed by atoms with E-state index in [1.54, 1.807) is 6.07 Å². The van der Waals surface area contributed by atoms with Crippen LogP contribution in [0.25, 0.3) is 0 Å². The molecule has 90 valence electrons. The molecule has 1 aromatic rings. The van der Waals surface area contributed by atoms with Crippen LogP contribution in [0.5, 0.6) is 0 Å². The van der Waals surface area contributed by atoms with Crippen molar-refractivity contribution < 1.29 is 18.3 Å². The van der Waals surface area contributed by atoms with E-state index >= 15 is 0 Å². The number of rotatable bonds is 3. The van der Waals surface area contributed by atoms with E-state index in [1.165, 1.54) is 0 Å². The molecule has 0 atom stereocenters. The molecule has 2 N–H and O–H groups in total. The summed E-state index contributed by atoms with van der Waals surface area (Å²) in [5.74, 6) is -0.864. The number of nitrogens with two attached hydrogens (primary N) is 1. The van der Waals surface area contributed by atoms with E-state index in [-0.39, 0.29) is 23.4 Å². The van der Waals surface area contributed by atoms with Crippen molar-refractivity contribution in [3.63, 3.8) is 0 Å². The van der Waals surface area contributed by atoms with Crippen LogP contribution in [-0.2, 0) is 11.3 Å². The number of nitrogens with zero attached hydrogens (tertiary/aromatic N) is 2. The fourth-order valence-corrected chi connectivity index (χ4v) is 1.34. The molecule has 17 heavy (non-hydrogen) atoms. The number of pyridine rings is 1. The van der Waals surface area contributed by atoms with Crippen molar-refractivity contribution in [2.75, 3.05) is 7.11 Å². The van der Waals surface area contributed by atoms with Crippen LogP contribution in [0.2, 0.25) is 0 Å². The summed E-state index contributed by atoms with van der Waals surface area (Å²) in [5.41, 5.74) is 4.21. The zero-order valence-electron chi connectivity index (χ0n) is 8.91. The summed E-state index contributed by atoms with van der Waals surface area (Å²) in [6, 6.07) is 1.65. The molecule has 1 rings (SSSR count). The Balaban J connectivity index is 3.50. The number of halogens is 2. The summed E-state index contributed by atoms with van der Waals surface area (Å²) in [4.78, 5) is 14.8. The number of hydrogen-bond acceptors (Lipinski definition) is 5. The van der Waals surface area contributed by atoms with Gasteiger partial charge >= 0.3 is 5.97 Å². The molecule has 7 heteroatoms. The number of nitriles is 1. The van der Waals surface area contributed by atoms with Crippen molar-refractivity contribution in [1.29, 1.82) is 5.26 Å². The topological polar surface area (TPSA) is 89.0 Å². The number of esters is 1. The Labute approximate surface area is 95.8 Å². The molecule has 0 radical (unpaired) electrons. The Kier molecular flexibility index (Phi) is 4.06. The molecule has 1 heterocycles. The van der Waals surface area contributed by atoms with Crippen LogP contribution < -0.4 is 5.73 Å². The predicted octanol–water partition coefficient (Wildman–Crippen LogP) is 1.14. The molecule has 0 spiro atoms. The zero-order chi connectivity index (χ0) is 13.0. The zero-order valence-corrected chi connectivity index (χ0v) is 8.91. The van der Waals surface area contributed by atoms with Gasteiger partial charge in [0.15, 0.2) is 5.69 Å². The quantitative estimate of drug-likeness (QED) is 0.801. The third-order valence-electron chi connectivity index (χ3n) is 2.15. The van der Waals surface area contributed by atoms with E-state index in [1.807, 2.05) is 0 Å². The molecule has 0 aliphatic rings. The van der Waals surface area contributed by atoms with Crippen LogP contribution in [-0.4, -0.2) is 18.1 Å². The van der Waals surface area contributed by atoms with Crippen LogP contribution in [0.15, 0.2) is 6.20 Å². The summed E-state index contributed by atoms with van der Waals surface area (Å²) in [5, 5.41) is 8.88. The van der Waals surface area contributed by atoms with E-state index in [2.05, 4.69) is 9.72 Å². The molecule has 0 aliphatic heterocycles. The van der Waals surface area contributed by atoms with Gasteiger partial charge in [-0.05, 0) is 5.56 Å². The van der Waals surface area contributed by atoms with Gasteiger partial charge in [0.2, 0.25) is 0 Å². The second-order valence-electron chi connectivity index (χ2n) is 3.02. The SMILES string of the molecule is COC(=O)c1ncc(C(F)F)c(CN)c1C#N. The molecular formula is C10H9F2N3O2. The fourth-order valence-electron chi connectivity index (χ4n) is 1.34. The van der Waals surface area contributed by atoms with Gasteiger partial charge in [0.1, 0.15) is 6.07 Å². The highest BCUT2D eigenvalue weighted by molar-refractivity contribution is 5.90. The molecule has 0 amide bonds. The summed E-state index contributed by atoms with van der Waals surface area (Å²) in [7, 11) is 1.11. The van der Waals surface area contributed by atoms with E-state index in [4.69, 9.17) is 11.0 Å². The second kappa shape index (κ2) is 5.32. The summed E-state index contributed by atoms with van der Waals surface area (Å²) in [6.45, 7) is -0.283. The van der Waals surface area contributed by atoms with Crippen molar-refractivity contribution in [2.24, 2.45) is 5.73 Å². The van der Waals surface area contributed by atoms with Gasteiger partial charge in [-0.1, -0.05) is 0 Å². The number of carbonyl (C=O) groups excluding carboxylic acids is 1. The average Bonchev–Trinajstić information content (AvgIpc) is 2.35. The first-order valence-electron chi connectivity index (χ1n) is 4.55. The van der Waals surface area contributed by atoms with E-state index in [0.717, 1.165) is 13.3 Å². The predicted molar refractivity (Wildman–Crippen MR) is 53.1 cm³/mol. The molecule has 0 saturated carbocycles. The normalized spacial score (nSPS) is 10.1. The molecule has 0 bridgehead atoms. The highest BCUT2D eigenvalue weighted by Gasteiger charge is 2.23. The third-order valence-corrected chi connectivity index (χ3v) is 2.15. The van der Waals surface area contributed by atoms with Crippen molar-refractivity contribution in [1.82, 2.24) is 4.98 Å². The maximum atomic E-state index is 12.6. The Morgan fingerprint density at radius 3 is 2.76 bits per heavy atom. The first-order valence-corrected chi connectivity index (χ1v) is 4.55. The van der Waals surface area contributed by atoms with Gasteiger partial charge in [-0.3, -0.25) is 0 Å². The standard InChI is InChI=1S/C10H9F2N3O2/c1-17-10(16)8-6(3-14)5(2-13)7(4-15-8)9(11)12/h4,9H,2,13H2,1H3. The molecule has 0 saturated heterocycles. The van der Waals surface area contributed by atoms with Crippen LogP contribution in [0, 0.1) is 11.3 Å². The molecule has 1 aromatic heterocycles. The van der Waals surface area contributed by atoms with Crippen LogP contribution in [0.3, 0.4) is 0 Å². The molecule has 0 aliphatic carbocycles. The Morgan fingerprint density at radius 1 is 1.71 bits per heavy atom. The Hall–Kier alpha value is -2.07. The minimum absolute atomic E-state index is 0.0853. The minimum atomic E-state index is -2.81. The van der Waals surface area contributed by atoms with Gasteiger partial charge in [-0.2, -0.15) is 5.26 Å². The number of ether oxygens (including phenoxy) is 1. The van der Waals surface area contributed by atoms with Gasteiger partial charge in [0, 0.05) is 18.3 Å². The van der Waals surface area contributed by atoms with Crippen molar-refractivity contribution in [2.45, 2.75) is 13.0 Å². The second-order valence-corrected chi connectivity index (χ2v) is 3.02. The molecule has 0 aromatic carbocycles. The lowest BCUT2D eigenvalue weighted by molar-refractivity contribution is 0.0592. The summed E-state index contributed by atoms with van der Waals surface area (Å²) < 4.78 is 29.6. The number of hydrogen-bond donors (Lipinski definition) is 1.